The van der Waals surface area contributed by atoms with Crippen LogP contribution in [0.2, 0.25) is 0 Å². The van der Waals surface area contributed by atoms with E-state index in [0.717, 1.165) is 0 Å². The molecule has 1 aromatic rings. The molecule has 0 bridgehead atoms. The minimum absolute atomic E-state index is 0.0211. The number of nitrogens with zero attached hydrogens (tertiary/aromatic N) is 1. The first-order chi connectivity index (χ1) is 9.90. The lowest BCUT2D eigenvalue weighted by Gasteiger charge is -2.13. The fraction of sp³-hybridized carbons (Fsp3) is 0.500. The molecule has 0 fully saturated rings. The Labute approximate surface area is 121 Å². The van der Waals surface area contributed by atoms with Gasteiger partial charge in [0.2, 0.25) is 0 Å². The van der Waals surface area contributed by atoms with Crippen molar-refractivity contribution in [3.05, 3.63) is 29.8 Å². The standard InChI is InChI=1S/C14H17F3N2O2/c15-14(16,17)6-1-7-19-9-12(20)10-21-13-4-2-11(8-18)3-5-13/h2-5,12,19-20H,1,6-7,9-10H2. The summed E-state index contributed by atoms with van der Waals surface area (Å²) in [5.41, 5.74) is 0.509. The van der Waals surface area contributed by atoms with Gasteiger partial charge >= 0.3 is 6.18 Å². The van der Waals surface area contributed by atoms with Crippen molar-refractivity contribution in [1.82, 2.24) is 5.32 Å². The maximum atomic E-state index is 11.9. The first-order valence-electron chi connectivity index (χ1n) is 6.49. The molecule has 0 amide bonds. The molecule has 0 saturated carbocycles. The zero-order valence-electron chi connectivity index (χ0n) is 11.4. The van der Waals surface area contributed by atoms with Gasteiger partial charge in [-0.15, -0.1) is 0 Å². The number of nitrogens with one attached hydrogen (secondary N) is 1. The molecule has 0 aliphatic rings. The predicted octanol–water partition coefficient (Wildman–Crippen LogP) is 2.23. The minimum Gasteiger partial charge on any atom is -0.491 e. The van der Waals surface area contributed by atoms with Gasteiger partial charge in [-0.3, -0.25) is 0 Å². The van der Waals surface area contributed by atoms with Gasteiger partial charge in [-0.2, -0.15) is 18.4 Å². The highest BCUT2D eigenvalue weighted by atomic mass is 19.4. The number of alkyl halides is 3. The van der Waals surface area contributed by atoms with Crippen LogP contribution in [0.25, 0.3) is 0 Å². The monoisotopic (exact) mass is 302 g/mol. The van der Waals surface area contributed by atoms with Gasteiger partial charge in [-0.05, 0) is 37.2 Å². The number of hydrogen-bond donors (Lipinski definition) is 2. The van der Waals surface area contributed by atoms with Crippen molar-refractivity contribution in [3.63, 3.8) is 0 Å². The number of rotatable bonds is 8. The maximum Gasteiger partial charge on any atom is 0.389 e. The minimum atomic E-state index is -4.14. The van der Waals surface area contributed by atoms with Crippen LogP contribution in [0.5, 0.6) is 5.75 Å². The van der Waals surface area contributed by atoms with Crippen molar-refractivity contribution in [2.45, 2.75) is 25.1 Å². The Morgan fingerprint density at radius 1 is 1.29 bits per heavy atom. The highest BCUT2D eigenvalue weighted by Crippen LogP contribution is 2.20. The summed E-state index contributed by atoms with van der Waals surface area (Å²) < 4.78 is 41.0. The zero-order valence-corrected chi connectivity index (χ0v) is 11.4. The van der Waals surface area contributed by atoms with Gasteiger partial charge in [0.15, 0.2) is 0 Å². The summed E-state index contributed by atoms with van der Waals surface area (Å²) in [6, 6.07) is 8.39. The van der Waals surface area contributed by atoms with Gasteiger partial charge in [-0.25, -0.2) is 0 Å². The molecule has 4 nitrogen and oxygen atoms in total. The van der Waals surface area contributed by atoms with Gasteiger partial charge in [0.25, 0.3) is 0 Å². The van der Waals surface area contributed by atoms with Crippen LogP contribution in [0, 0.1) is 11.3 Å². The topological polar surface area (TPSA) is 65.3 Å². The van der Waals surface area contributed by atoms with Crippen LogP contribution >= 0.6 is 0 Å². The largest absolute Gasteiger partial charge is 0.491 e. The molecule has 1 aromatic carbocycles. The van der Waals surface area contributed by atoms with Gasteiger partial charge in [0, 0.05) is 13.0 Å². The molecule has 21 heavy (non-hydrogen) atoms. The number of benzene rings is 1. The third-order valence-electron chi connectivity index (χ3n) is 2.62. The number of halogens is 3. The molecule has 0 aliphatic carbocycles. The van der Waals surface area contributed by atoms with Crippen molar-refractivity contribution in [3.8, 4) is 11.8 Å². The number of ether oxygens (including phenoxy) is 1. The number of nitriles is 1. The molecule has 7 heteroatoms. The second kappa shape index (κ2) is 8.49. The first kappa shape index (κ1) is 17.3. The van der Waals surface area contributed by atoms with Gasteiger partial charge in [0.05, 0.1) is 11.6 Å². The Morgan fingerprint density at radius 3 is 2.52 bits per heavy atom. The summed E-state index contributed by atoms with van der Waals surface area (Å²) >= 11 is 0. The van der Waals surface area contributed by atoms with E-state index < -0.39 is 18.7 Å². The zero-order chi connectivity index (χ0) is 15.7. The summed E-state index contributed by atoms with van der Waals surface area (Å²) in [7, 11) is 0. The lowest BCUT2D eigenvalue weighted by molar-refractivity contribution is -0.135. The lowest BCUT2D eigenvalue weighted by Crippen LogP contribution is -2.32. The molecule has 1 rings (SSSR count). The molecule has 0 spiro atoms. The van der Waals surface area contributed by atoms with E-state index in [4.69, 9.17) is 10.00 Å². The number of aliphatic hydroxyl groups is 1. The number of hydrogen-bond acceptors (Lipinski definition) is 4. The Bertz CT molecular complexity index is 455. The van der Waals surface area contributed by atoms with E-state index in [1.165, 1.54) is 0 Å². The van der Waals surface area contributed by atoms with Gasteiger partial charge in [0.1, 0.15) is 18.5 Å². The van der Waals surface area contributed by atoms with Crippen LogP contribution in [0.4, 0.5) is 13.2 Å². The van der Waals surface area contributed by atoms with E-state index in [9.17, 15) is 18.3 Å². The van der Waals surface area contributed by atoms with E-state index in [1.807, 2.05) is 6.07 Å². The van der Waals surface area contributed by atoms with E-state index in [1.54, 1.807) is 24.3 Å². The van der Waals surface area contributed by atoms with E-state index in [-0.39, 0.29) is 26.1 Å². The van der Waals surface area contributed by atoms with Crippen LogP contribution in [-0.4, -0.2) is 37.1 Å². The molecule has 0 heterocycles. The van der Waals surface area contributed by atoms with Crippen LogP contribution in [-0.2, 0) is 0 Å². The normalized spacial score (nSPS) is 12.7. The summed E-state index contributed by atoms with van der Waals surface area (Å²) in [6.07, 6.45) is -5.81. The average molecular weight is 302 g/mol. The second-order valence-corrected chi connectivity index (χ2v) is 4.52. The lowest BCUT2D eigenvalue weighted by atomic mass is 10.2. The molecule has 0 aliphatic heterocycles. The molecule has 1 atom stereocenters. The van der Waals surface area contributed by atoms with Gasteiger partial charge < -0.3 is 15.2 Å². The van der Waals surface area contributed by atoms with Gasteiger partial charge in [-0.1, -0.05) is 0 Å². The first-order valence-corrected chi connectivity index (χ1v) is 6.49. The van der Waals surface area contributed by atoms with Crippen molar-refractivity contribution >= 4 is 0 Å². The number of aliphatic hydroxyl groups excluding tert-OH is 1. The summed E-state index contributed by atoms with van der Waals surface area (Å²) in [6.45, 7) is 0.375. The Morgan fingerprint density at radius 2 is 1.95 bits per heavy atom. The van der Waals surface area contributed by atoms with Crippen LogP contribution < -0.4 is 10.1 Å². The summed E-state index contributed by atoms with van der Waals surface area (Å²) in [5.74, 6) is 0.519. The Kier molecular flexibility index (Phi) is 6.99. The third kappa shape index (κ3) is 8.17. The van der Waals surface area contributed by atoms with Crippen LogP contribution in [0.3, 0.4) is 0 Å². The van der Waals surface area contributed by atoms with Crippen LogP contribution in [0.15, 0.2) is 24.3 Å². The highest BCUT2D eigenvalue weighted by Gasteiger charge is 2.25. The highest BCUT2D eigenvalue weighted by molar-refractivity contribution is 5.34. The Hall–Kier alpha value is -1.78. The smallest absolute Gasteiger partial charge is 0.389 e. The summed E-state index contributed by atoms with van der Waals surface area (Å²) in [4.78, 5) is 0. The average Bonchev–Trinajstić information content (AvgIpc) is 2.44. The Balaban J connectivity index is 2.13. The third-order valence-corrected chi connectivity index (χ3v) is 2.62. The van der Waals surface area contributed by atoms with Crippen LogP contribution in [0.1, 0.15) is 18.4 Å². The molecule has 1 unspecified atom stereocenters. The second-order valence-electron chi connectivity index (χ2n) is 4.52. The molecule has 0 radical (unpaired) electrons. The summed E-state index contributed by atoms with van der Waals surface area (Å²) in [5, 5.41) is 21.0. The quantitative estimate of drug-likeness (QED) is 0.723. The van der Waals surface area contributed by atoms with Crippen molar-refractivity contribution in [1.29, 1.82) is 5.26 Å². The van der Waals surface area contributed by atoms with Crippen molar-refractivity contribution < 1.29 is 23.0 Å². The fourth-order valence-corrected chi connectivity index (χ4v) is 1.56. The molecular weight excluding hydrogens is 285 g/mol. The molecule has 0 saturated heterocycles. The molecule has 0 aromatic heterocycles. The molecule has 116 valence electrons. The molecular formula is C14H17F3N2O2. The SMILES string of the molecule is N#Cc1ccc(OCC(O)CNCCCC(F)(F)F)cc1. The maximum absolute atomic E-state index is 11.9. The van der Waals surface area contributed by atoms with E-state index in [2.05, 4.69) is 5.32 Å². The van der Waals surface area contributed by atoms with Crippen molar-refractivity contribution in [2.24, 2.45) is 0 Å². The molecule has 2 N–H and O–H groups in total. The van der Waals surface area contributed by atoms with Crippen molar-refractivity contribution in [2.75, 3.05) is 19.7 Å². The fourth-order valence-electron chi connectivity index (χ4n) is 1.56. The predicted molar refractivity (Wildman–Crippen MR) is 70.8 cm³/mol. The van der Waals surface area contributed by atoms with E-state index >= 15 is 0 Å². The van der Waals surface area contributed by atoms with E-state index in [0.29, 0.717) is 11.3 Å².